The molecule has 41 heavy (non-hydrogen) atoms. The number of rotatable bonds is 9. The summed E-state index contributed by atoms with van der Waals surface area (Å²) in [5, 5.41) is 29.1. The summed E-state index contributed by atoms with van der Waals surface area (Å²) in [7, 11) is -3.78. The first-order valence-corrected chi connectivity index (χ1v) is 16.5. The van der Waals surface area contributed by atoms with Gasteiger partial charge in [0, 0.05) is 24.1 Å². The van der Waals surface area contributed by atoms with Crippen LogP contribution in [0.1, 0.15) is 6.23 Å². The van der Waals surface area contributed by atoms with Crippen molar-refractivity contribution in [3.8, 4) is 11.6 Å². The van der Waals surface area contributed by atoms with Gasteiger partial charge in [0.2, 0.25) is 5.88 Å². The van der Waals surface area contributed by atoms with Crippen LogP contribution in [0.15, 0.2) is 70.5 Å². The highest BCUT2D eigenvalue weighted by molar-refractivity contribution is 8.07. The molecule has 3 unspecified atom stereocenters. The average Bonchev–Trinajstić information content (AvgIpc) is 3.25. The predicted molar refractivity (Wildman–Crippen MR) is 146 cm³/mol. The molecule has 0 amide bonds. The second kappa shape index (κ2) is 11.9. The lowest BCUT2D eigenvalue weighted by Crippen LogP contribution is -2.40. The summed E-state index contributed by atoms with van der Waals surface area (Å²) in [6.45, 7) is -3.73. The molecule has 18 heteroatoms. The van der Waals surface area contributed by atoms with Crippen molar-refractivity contribution < 1.29 is 47.0 Å². The van der Waals surface area contributed by atoms with E-state index >= 15 is 0 Å². The summed E-state index contributed by atoms with van der Waals surface area (Å²) in [6, 6.07) is 12.8. The van der Waals surface area contributed by atoms with Crippen molar-refractivity contribution in [2.24, 2.45) is 0 Å². The van der Waals surface area contributed by atoms with Crippen LogP contribution in [0, 0.1) is 0 Å². The summed E-state index contributed by atoms with van der Waals surface area (Å²) in [4.78, 5) is 16.5. The molecule has 0 bridgehead atoms. The molecule has 0 radical (unpaired) electrons. The lowest BCUT2D eigenvalue weighted by molar-refractivity contribution is -0.0614. The number of aliphatic hydroxyl groups is 1. The first kappa shape index (κ1) is 29.8. The maximum atomic E-state index is 12.7. The van der Waals surface area contributed by atoms with E-state index in [1.54, 1.807) is 24.3 Å². The van der Waals surface area contributed by atoms with Crippen LogP contribution in [0.3, 0.4) is 0 Å². The molecule has 0 aliphatic carbocycles. The zero-order valence-corrected chi connectivity index (χ0v) is 24.1. The molecule has 5 atom stereocenters. The number of hydrogen-bond acceptors (Lipinski definition) is 14. The number of hydrogen-bond donors (Lipinski definition) is 3. The smallest absolute Gasteiger partial charge is 0.381 e. The van der Waals surface area contributed by atoms with Gasteiger partial charge in [-0.2, -0.15) is 4.98 Å². The fourth-order valence-corrected chi connectivity index (χ4v) is 7.56. The van der Waals surface area contributed by atoms with Crippen molar-refractivity contribution in [1.82, 2.24) is 9.55 Å². The number of aromatic nitrogens is 2. The molecule has 14 nitrogen and oxygen atoms in total. The third-order valence-electron chi connectivity index (χ3n) is 6.11. The second-order valence-corrected chi connectivity index (χ2v) is 14.2. The SMILES string of the molecule is O=c1nc(OCCS(=O)(=O)c2ccc(N(O)O)cc2)ccn1[C@@H]1O[C@@H]2COP(=S)(Oc3ccccc3Cl)OC2C1O. The van der Waals surface area contributed by atoms with Crippen molar-refractivity contribution in [3.05, 3.63) is 76.3 Å². The van der Waals surface area contributed by atoms with Crippen LogP contribution in [-0.4, -0.2) is 70.8 Å². The number of anilines is 1. The van der Waals surface area contributed by atoms with E-state index in [0.717, 1.165) is 4.57 Å². The van der Waals surface area contributed by atoms with Crippen molar-refractivity contribution >= 4 is 45.7 Å². The molecule has 220 valence electrons. The molecule has 0 spiro atoms. The van der Waals surface area contributed by atoms with Gasteiger partial charge in [-0.25, -0.2) is 13.2 Å². The standard InChI is InChI=1S/C23H23ClN3O11PS2/c24-16-3-1-2-4-17(16)37-39(40)35-13-18-21(38-39)20(28)22(36-18)26-10-9-19(25-23(26)29)34-11-12-41(32,33)15-7-5-14(6-8-15)27(30)31/h1-10,18,20-22,28,30-31H,11-13H2/t18-,20?,21?,22-,39?/m1/s1. The quantitative estimate of drug-likeness (QED) is 0.227. The summed E-state index contributed by atoms with van der Waals surface area (Å²) < 4.78 is 54.5. The molecule has 3 aromatic rings. The van der Waals surface area contributed by atoms with E-state index in [4.69, 9.17) is 56.9 Å². The minimum Gasteiger partial charge on any atom is -0.476 e. The van der Waals surface area contributed by atoms with Gasteiger partial charge in [0.1, 0.15) is 30.7 Å². The Morgan fingerprint density at radius 3 is 2.59 bits per heavy atom. The van der Waals surface area contributed by atoms with Gasteiger partial charge in [-0.1, -0.05) is 23.7 Å². The van der Waals surface area contributed by atoms with E-state index in [-0.39, 0.29) is 40.7 Å². The minimum absolute atomic E-state index is 0.0183. The molecule has 3 heterocycles. The molecule has 2 aromatic carbocycles. The Kier molecular flexibility index (Phi) is 8.69. The molecule has 5 rings (SSSR count). The van der Waals surface area contributed by atoms with Crippen LogP contribution in [0.25, 0.3) is 0 Å². The third-order valence-corrected chi connectivity index (χ3v) is 10.3. The van der Waals surface area contributed by atoms with Crippen LogP contribution in [-0.2, 0) is 35.4 Å². The summed E-state index contributed by atoms with van der Waals surface area (Å²) >= 11 is 11.6. The molecule has 2 fully saturated rings. The summed E-state index contributed by atoms with van der Waals surface area (Å²) in [6.07, 6.45) is -2.92. The Morgan fingerprint density at radius 1 is 1.17 bits per heavy atom. The molecule has 3 N–H and O–H groups in total. The Labute approximate surface area is 243 Å². The first-order chi connectivity index (χ1) is 19.5. The highest BCUT2D eigenvalue weighted by atomic mass is 35.5. The number of aliphatic hydroxyl groups excluding tert-OH is 1. The van der Waals surface area contributed by atoms with E-state index in [1.165, 1.54) is 36.5 Å². The average molecular weight is 648 g/mol. The highest BCUT2D eigenvalue weighted by Crippen LogP contribution is 2.57. The molecule has 2 aliphatic heterocycles. The van der Waals surface area contributed by atoms with E-state index in [2.05, 4.69) is 4.98 Å². The molecule has 2 aliphatic rings. The Bertz CT molecular complexity index is 1620. The lowest BCUT2D eigenvalue weighted by atomic mass is 10.1. The first-order valence-electron chi connectivity index (χ1n) is 11.9. The fraction of sp³-hybridized carbons (Fsp3) is 0.304. The molecule has 1 aromatic heterocycles. The van der Waals surface area contributed by atoms with E-state index in [9.17, 15) is 18.3 Å². The maximum Gasteiger partial charge on any atom is 0.381 e. The van der Waals surface area contributed by atoms with Crippen LogP contribution >= 0.6 is 18.3 Å². The van der Waals surface area contributed by atoms with Gasteiger partial charge in [0.15, 0.2) is 16.1 Å². The summed E-state index contributed by atoms with van der Waals surface area (Å²) in [5.41, 5.74) is -0.843. The molecular formula is C23H23ClN3O11PS2. The minimum atomic E-state index is -3.78. The summed E-state index contributed by atoms with van der Waals surface area (Å²) in [5.74, 6) is -0.310. The Balaban J connectivity index is 1.21. The number of nitrogens with zero attached hydrogens (tertiary/aromatic N) is 3. The normalized spacial score (nSPS) is 25.9. The lowest BCUT2D eigenvalue weighted by Gasteiger charge is -2.33. The molecular weight excluding hydrogens is 625 g/mol. The van der Waals surface area contributed by atoms with Gasteiger partial charge in [-0.15, -0.1) is 5.23 Å². The van der Waals surface area contributed by atoms with E-state index < -0.39 is 52.5 Å². The molecule has 0 saturated carbocycles. The predicted octanol–water partition coefficient (Wildman–Crippen LogP) is 2.31. The van der Waals surface area contributed by atoms with Gasteiger partial charge in [0.25, 0.3) is 0 Å². The Hall–Kier alpha value is -2.63. The van der Waals surface area contributed by atoms with Gasteiger partial charge in [-0.3, -0.25) is 24.0 Å². The maximum absolute atomic E-state index is 12.7. The van der Waals surface area contributed by atoms with Crippen LogP contribution in [0.4, 0.5) is 5.69 Å². The number of ether oxygens (including phenoxy) is 2. The Morgan fingerprint density at radius 2 is 1.90 bits per heavy atom. The van der Waals surface area contributed by atoms with Gasteiger partial charge in [-0.05, 0) is 36.4 Å². The largest absolute Gasteiger partial charge is 0.476 e. The number of benzene rings is 2. The van der Waals surface area contributed by atoms with Crippen molar-refractivity contribution in [3.63, 3.8) is 0 Å². The zero-order chi connectivity index (χ0) is 29.4. The van der Waals surface area contributed by atoms with Gasteiger partial charge >= 0.3 is 12.4 Å². The third kappa shape index (κ3) is 6.57. The van der Waals surface area contributed by atoms with Gasteiger partial charge < -0.3 is 19.1 Å². The number of para-hydroxylation sites is 1. The second-order valence-electron chi connectivity index (χ2n) is 8.80. The van der Waals surface area contributed by atoms with Crippen LogP contribution in [0.2, 0.25) is 5.02 Å². The van der Waals surface area contributed by atoms with E-state index in [1.807, 2.05) is 0 Å². The van der Waals surface area contributed by atoms with Crippen molar-refractivity contribution in [1.29, 1.82) is 0 Å². The van der Waals surface area contributed by atoms with Crippen molar-refractivity contribution in [2.75, 3.05) is 24.2 Å². The number of fused-ring (bicyclic) bond motifs is 1. The van der Waals surface area contributed by atoms with Crippen molar-refractivity contribution in [2.45, 2.75) is 29.4 Å². The monoisotopic (exact) mass is 647 g/mol. The van der Waals surface area contributed by atoms with E-state index in [0.29, 0.717) is 5.02 Å². The topological polar surface area (TPSA) is 179 Å². The number of halogens is 1. The fourth-order valence-electron chi connectivity index (χ4n) is 4.08. The van der Waals surface area contributed by atoms with Crippen LogP contribution in [0.5, 0.6) is 11.6 Å². The highest BCUT2D eigenvalue weighted by Gasteiger charge is 2.52. The van der Waals surface area contributed by atoms with Crippen LogP contribution < -0.4 is 20.2 Å². The molecule has 2 saturated heterocycles. The van der Waals surface area contributed by atoms with Gasteiger partial charge in [0.05, 0.1) is 28.0 Å². The number of sulfone groups is 1. The zero-order valence-electron chi connectivity index (χ0n) is 20.8.